The van der Waals surface area contributed by atoms with Crippen molar-refractivity contribution in [3.63, 3.8) is 0 Å². The summed E-state index contributed by atoms with van der Waals surface area (Å²) in [6.07, 6.45) is 1.74. The molecule has 18 heavy (non-hydrogen) atoms. The van der Waals surface area contributed by atoms with Crippen molar-refractivity contribution in [1.29, 1.82) is 0 Å². The van der Waals surface area contributed by atoms with Gasteiger partial charge in [-0.15, -0.1) is 0 Å². The standard InChI is InChI=1S/C14H17NO3/c1-15-9-12-8-13(18-2)4-3-10(12)7-11(5-6-16)14(15)17/h3-4,6,8,11H,5,7,9H2,1-2H3. The molecular formula is C14H17NO3. The normalized spacial score (nSPS) is 19.1. The van der Waals surface area contributed by atoms with E-state index < -0.39 is 0 Å². The van der Waals surface area contributed by atoms with Gasteiger partial charge in [0.2, 0.25) is 5.91 Å². The maximum absolute atomic E-state index is 12.1. The lowest BCUT2D eigenvalue weighted by atomic mass is 9.95. The van der Waals surface area contributed by atoms with Crippen molar-refractivity contribution < 1.29 is 14.3 Å². The molecule has 0 bridgehead atoms. The maximum atomic E-state index is 12.1. The Morgan fingerprint density at radius 2 is 2.22 bits per heavy atom. The predicted octanol–water partition coefficient (Wildman–Crippen LogP) is 1.41. The number of rotatable bonds is 3. The largest absolute Gasteiger partial charge is 0.497 e. The van der Waals surface area contributed by atoms with E-state index in [0.717, 1.165) is 23.2 Å². The van der Waals surface area contributed by atoms with Crippen molar-refractivity contribution in [3.8, 4) is 5.75 Å². The summed E-state index contributed by atoms with van der Waals surface area (Å²) in [6, 6.07) is 5.84. The van der Waals surface area contributed by atoms with Crippen LogP contribution in [0.4, 0.5) is 0 Å². The number of carbonyl (C=O) groups is 2. The maximum Gasteiger partial charge on any atom is 0.226 e. The highest BCUT2D eigenvalue weighted by Gasteiger charge is 2.27. The smallest absolute Gasteiger partial charge is 0.226 e. The first kappa shape index (κ1) is 12.6. The fraction of sp³-hybridized carbons (Fsp3) is 0.429. The van der Waals surface area contributed by atoms with Gasteiger partial charge in [-0.1, -0.05) is 6.07 Å². The Balaban J connectivity index is 2.35. The number of fused-ring (bicyclic) bond motifs is 1. The highest BCUT2D eigenvalue weighted by Crippen LogP contribution is 2.26. The van der Waals surface area contributed by atoms with Crippen LogP contribution in [0.25, 0.3) is 0 Å². The summed E-state index contributed by atoms with van der Waals surface area (Å²) in [6.45, 7) is 0.570. The van der Waals surface area contributed by atoms with E-state index in [0.29, 0.717) is 13.0 Å². The van der Waals surface area contributed by atoms with Crippen LogP contribution in [-0.2, 0) is 22.6 Å². The Kier molecular flexibility index (Phi) is 3.65. The topological polar surface area (TPSA) is 46.6 Å². The van der Waals surface area contributed by atoms with Crippen LogP contribution < -0.4 is 4.74 Å². The summed E-state index contributed by atoms with van der Waals surface area (Å²) in [5.74, 6) is 0.600. The molecule has 1 amide bonds. The number of benzene rings is 1. The summed E-state index contributed by atoms with van der Waals surface area (Å²) in [7, 11) is 3.40. The van der Waals surface area contributed by atoms with Gasteiger partial charge in [-0.25, -0.2) is 0 Å². The van der Waals surface area contributed by atoms with E-state index in [1.54, 1.807) is 19.1 Å². The zero-order chi connectivity index (χ0) is 13.1. The molecule has 1 aliphatic heterocycles. The molecule has 1 unspecified atom stereocenters. The van der Waals surface area contributed by atoms with Gasteiger partial charge < -0.3 is 14.4 Å². The summed E-state index contributed by atoms with van der Waals surface area (Å²) in [5, 5.41) is 0. The first-order valence-electron chi connectivity index (χ1n) is 6.00. The zero-order valence-corrected chi connectivity index (χ0v) is 10.7. The Morgan fingerprint density at radius 1 is 1.44 bits per heavy atom. The molecule has 0 radical (unpaired) electrons. The van der Waals surface area contributed by atoms with Crippen LogP contribution in [0.2, 0.25) is 0 Å². The van der Waals surface area contributed by atoms with Gasteiger partial charge in [0, 0.05) is 25.9 Å². The number of hydrogen-bond acceptors (Lipinski definition) is 3. The number of hydrogen-bond donors (Lipinski definition) is 0. The van der Waals surface area contributed by atoms with E-state index >= 15 is 0 Å². The molecule has 1 aromatic rings. The van der Waals surface area contributed by atoms with Crippen LogP contribution in [0.5, 0.6) is 5.75 Å². The first-order chi connectivity index (χ1) is 8.65. The number of ether oxygens (including phenoxy) is 1. The minimum Gasteiger partial charge on any atom is -0.497 e. The third kappa shape index (κ3) is 2.37. The predicted molar refractivity (Wildman–Crippen MR) is 67.3 cm³/mol. The molecule has 0 fully saturated rings. The second kappa shape index (κ2) is 5.21. The third-order valence-corrected chi connectivity index (χ3v) is 3.39. The second-order valence-electron chi connectivity index (χ2n) is 4.63. The minimum atomic E-state index is -0.234. The lowest BCUT2D eigenvalue weighted by Gasteiger charge is -2.18. The summed E-state index contributed by atoms with van der Waals surface area (Å²) >= 11 is 0. The van der Waals surface area contributed by atoms with Crippen LogP contribution >= 0.6 is 0 Å². The van der Waals surface area contributed by atoms with Crippen molar-refractivity contribution in [1.82, 2.24) is 4.90 Å². The van der Waals surface area contributed by atoms with Crippen LogP contribution in [-0.4, -0.2) is 31.3 Å². The number of aldehydes is 1. The van der Waals surface area contributed by atoms with Gasteiger partial charge in [-0.2, -0.15) is 0 Å². The molecule has 0 aromatic heterocycles. The molecule has 0 spiro atoms. The number of methoxy groups -OCH3 is 1. The second-order valence-corrected chi connectivity index (χ2v) is 4.63. The van der Waals surface area contributed by atoms with Gasteiger partial charge >= 0.3 is 0 Å². The monoisotopic (exact) mass is 247 g/mol. The average Bonchev–Trinajstić information content (AvgIpc) is 2.49. The summed E-state index contributed by atoms with van der Waals surface area (Å²) in [5.41, 5.74) is 2.22. The van der Waals surface area contributed by atoms with Crippen LogP contribution in [0.3, 0.4) is 0 Å². The molecule has 0 aliphatic carbocycles. The van der Waals surface area contributed by atoms with Gasteiger partial charge in [0.25, 0.3) is 0 Å². The minimum absolute atomic E-state index is 0.0391. The molecule has 2 rings (SSSR count). The Labute approximate surface area is 107 Å². The van der Waals surface area contributed by atoms with Crippen LogP contribution in [0, 0.1) is 5.92 Å². The fourth-order valence-electron chi connectivity index (χ4n) is 2.37. The molecule has 4 heteroatoms. The van der Waals surface area contributed by atoms with E-state index in [1.807, 2.05) is 18.2 Å². The van der Waals surface area contributed by atoms with Gasteiger partial charge in [-0.3, -0.25) is 4.79 Å². The van der Waals surface area contributed by atoms with Crippen LogP contribution in [0.1, 0.15) is 17.5 Å². The lowest BCUT2D eigenvalue weighted by Crippen LogP contribution is -2.31. The molecule has 0 saturated heterocycles. The van der Waals surface area contributed by atoms with E-state index in [9.17, 15) is 9.59 Å². The quantitative estimate of drug-likeness (QED) is 0.759. The van der Waals surface area contributed by atoms with Gasteiger partial charge in [0.1, 0.15) is 12.0 Å². The van der Waals surface area contributed by atoms with Gasteiger partial charge in [0.05, 0.1) is 7.11 Å². The summed E-state index contributed by atoms with van der Waals surface area (Å²) < 4.78 is 5.20. The molecule has 0 saturated carbocycles. The zero-order valence-electron chi connectivity index (χ0n) is 10.7. The lowest BCUT2D eigenvalue weighted by molar-refractivity contribution is -0.135. The first-order valence-corrected chi connectivity index (χ1v) is 6.00. The SMILES string of the molecule is COc1ccc2c(c1)CN(C)C(=O)C(CC=O)C2. The highest BCUT2D eigenvalue weighted by atomic mass is 16.5. The van der Waals surface area contributed by atoms with Crippen molar-refractivity contribution >= 4 is 12.2 Å². The third-order valence-electron chi connectivity index (χ3n) is 3.39. The van der Waals surface area contributed by atoms with Crippen molar-refractivity contribution in [3.05, 3.63) is 29.3 Å². The van der Waals surface area contributed by atoms with E-state index in [4.69, 9.17) is 4.74 Å². The average molecular weight is 247 g/mol. The number of nitrogens with zero attached hydrogens (tertiary/aromatic N) is 1. The molecule has 1 aliphatic rings. The molecule has 1 heterocycles. The molecular weight excluding hydrogens is 230 g/mol. The van der Waals surface area contributed by atoms with Gasteiger partial charge in [-0.05, 0) is 29.7 Å². The number of carbonyl (C=O) groups excluding carboxylic acids is 2. The Morgan fingerprint density at radius 3 is 2.89 bits per heavy atom. The van der Waals surface area contributed by atoms with E-state index in [2.05, 4.69) is 0 Å². The molecule has 1 atom stereocenters. The molecule has 1 aromatic carbocycles. The molecule has 96 valence electrons. The highest BCUT2D eigenvalue weighted by molar-refractivity contribution is 5.82. The fourth-order valence-corrected chi connectivity index (χ4v) is 2.37. The van der Waals surface area contributed by atoms with E-state index in [-0.39, 0.29) is 18.2 Å². The molecule has 4 nitrogen and oxygen atoms in total. The van der Waals surface area contributed by atoms with Crippen molar-refractivity contribution in [2.24, 2.45) is 5.92 Å². The van der Waals surface area contributed by atoms with E-state index in [1.165, 1.54) is 0 Å². The van der Waals surface area contributed by atoms with Crippen LogP contribution in [0.15, 0.2) is 18.2 Å². The Hall–Kier alpha value is -1.84. The van der Waals surface area contributed by atoms with Crippen molar-refractivity contribution in [2.45, 2.75) is 19.4 Å². The number of amides is 1. The molecule has 0 N–H and O–H groups in total. The Bertz CT molecular complexity index is 470. The van der Waals surface area contributed by atoms with Crippen molar-refractivity contribution in [2.75, 3.05) is 14.2 Å². The van der Waals surface area contributed by atoms with Gasteiger partial charge in [0.15, 0.2) is 0 Å². The summed E-state index contributed by atoms with van der Waals surface area (Å²) in [4.78, 5) is 24.4.